The second-order valence-corrected chi connectivity index (χ2v) is 6.79. The highest BCUT2D eigenvalue weighted by Gasteiger charge is 2.40. The Kier molecular flexibility index (Phi) is 4.40. The highest BCUT2D eigenvalue weighted by atomic mass is 32.1. The van der Waals surface area contributed by atoms with Gasteiger partial charge in [-0.3, -0.25) is 5.32 Å². The zero-order valence-corrected chi connectivity index (χ0v) is 14.4. The molecule has 0 saturated heterocycles. The van der Waals surface area contributed by atoms with E-state index in [9.17, 15) is 4.79 Å². The van der Waals surface area contributed by atoms with Crippen molar-refractivity contribution < 1.29 is 9.53 Å². The Bertz CT molecular complexity index is 788. The molecule has 2 N–H and O–H groups in total. The molecule has 0 unspecified atom stereocenters. The molecule has 0 aliphatic heterocycles. The minimum absolute atomic E-state index is 0.302. The van der Waals surface area contributed by atoms with Crippen LogP contribution in [0.1, 0.15) is 35.4 Å². The molecular weight excluding hydrogens is 324 g/mol. The minimum atomic E-state index is -0.347. The number of hydrogen-bond donors (Lipinski definition) is 2. The van der Waals surface area contributed by atoms with E-state index < -0.39 is 0 Å². The van der Waals surface area contributed by atoms with Crippen LogP contribution in [0.3, 0.4) is 0 Å². The van der Waals surface area contributed by atoms with Crippen molar-refractivity contribution in [3.63, 3.8) is 0 Å². The molecule has 7 heteroatoms. The maximum Gasteiger partial charge on any atom is 0.321 e. The van der Waals surface area contributed by atoms with E-state index in [1.54, 1.807) is 14.0 Å². The first-order valence-corrected chi connectivity index (χ1v) is 8.49. The average molecular weight is 342 g/mol. The third kappa shape index (κ3) is 3.05. The summed E-state index contributed by atoms with van der Waals surface area (Å²) in [5.41, 5.74) is 1.35. The highest BCUT2D eigenvalue weighted by molar-refractivity contribution is 7.16. The number of nitrogens with one attached hydrogen (secondary N) is 2. The molecule has 0 atom stereocenters. The Morgan fingerprint density at radius 2 is 2.08 bits per heavy atom. The summed E-state index contributed by atoms with van der Waals surface area (Å²) in [5, 5.41) is 15.2. The van der Waals surface area contributed by atoms with Crippen LogP contribution in [0.5, 0.6) is 5.75 Å². The van der Waals surface area contributed by atoms with Gasteiger partial charge >= 0.3 is 6.03 Å². The van der Waals surface area contributed by atoms with E-state index in [-0.39, 0.29) is 11.6 Å². The number of anilines is 1. The molecule has 6 nitrogen and oxygen atoms in total. The molecule has 24 heavy (non-hydrogen) atoms. The summed E-state index contributed by atoms with van der Waals surface area (Å²) in [6.45, 7) is 1.75. The smallest absolute Gasteiger partial charge is 0.321 e. The summed E-state index contributed by atoms with van der Waals surface area (Å²) in [6, 6.07) is 9.54. The third-order valence-corrected chi connectivity index (χ3v) is 5.30. The number of aryl methyl sites for hydroxylation is 1. The molecule has 0 spiro atoms. The number of carbonyl (C=O) groups is 1. The Hall–Kier alpha value is -2.59. The Balaban J connectivity index is 1.72. The van der Waals surface area contributed by atoms with E-state index in [2.05, 4.69) is 21.7 Å². The number of benzene rings is 1. The molecule has 1 heterocycles. The number of nitriles is 1. The van der Waals surface area contributed by atoms with Crippen molar-refractivity contribution in [2.45, 2.75) is 31.7 Å². The van der Waals surface area contributed by atoms with Gasteiger partial charge in [0.25, 0.3) is 0 Å². The van der Waals surface area contributed by atoms with Crippen molar-refractivity contribution in [3.05, 3.63) is 40.4 Å². The van der Waals surface area contributed by atoms with Crippen molar-refractivity contribution in [1.29, 1.82) is 5.26 Å². The summed E-state index contributed by atoms with van der Waals surface area (Å²) in [4.78, 5) is 17.1. The quantitative estimate of drug-likeness (QED) is 0.890. The van der Waals surface area contributed by atoms with Crippen LogP contribution in [0.4, 0.5) is 9.93 Å². The standard InChI is InChI=1S/C17H18N4O2S/c1-11-14(10-18)24-16(19-11)20-15(22)21-17(8-3-9-17)12-4-6-13(23-2)7-5-12/h4-7H,3,8-9H2,1-2H3,(H2,19,20,21,22). The van der Waals surface area contributed by atoms with Crippen molar-refractivity contribution in [3.8, 4) is 11.8 Å². The third-order valence-electron chi connectivity index (χ3n) is 4.32. The molecular formula is C17H18N4O2S. The number of amides is 2. The van der Waals surface area contributed by atoms with E-state index in [1.807, 2.05) is 24.3 Å². The predicted molar refractivity (Wildman–Crippen MR) is 92.2 cm³/mol. The Morgan fingerprint density at radius 3 is 2.58 bits per heavy atom. The van der Waals surface area contributed by atoms with Gasteiger partial charge in [0.05, 0.1) is 18.3 Å². The van der Waals surface area contributed by atoms with Gasteiger partial charge in [-0.25, -0.2) is 9.78 Å². The van der Waals surface area contributed by atoms with Crippen LogP contribution >= 0.6 is 11.3 Å². The minimum Gasteiger partial charge on any atom is -0.497 e. The molecule has 1 fully saturated rings. The fraction of sp³-hybridized carbons (Fsp3) is 0.353. The number of thiazole rings is 1. The van der Waals surface area contributed by atoms with Crippen LogP contribution < -0.4 is 15.4 Å². The highest BCUT2D eigenvalue weighted by Crippen LogP contribution is 2.41. The lowest BCUT2D eigenvalue weighted by molar-refractivity contribution is 0.185. The number of hydrogen-bond acceptors (Lipinski definition) is 5. The summed E-state index contributed by atoms with van der Waals surface area (Å²) in [6.07, 6.45) is 2.86. The van der Waals surface area contributed by atoms with Crippen LogP contribution in [0.15, 0.2) is 24.3 Å². The normalized spacial score (nSPS) is 15.0. The SMILES string of the molecule is COc1ccc(C2(NC(=O)Nc3nc(C)c(C#N)s3)CCC2)cc1. The molecule has 1 aliphatic carbocycles. The van der Waals surface area contributed by atoms with E-state index in [1.165, 1.54) is 11.3 Å². The predicted octanol–water partition coefficient (Wildman–Crippen LogP) is 3.53. The van der Waals surface area contributed by atoms with Gasteiger partial charge < -0.3 is 10.1 Å². The van der Waals surface area contributed by atoms with Gasteiger partial charge in [0, 0.05) is 0 Å². The van der Waals surface area contributed by atoms with Gasteiger partial charge in [-0.1, -0.05) is 23.5 Å². The van der Waals surface area contributed by atoms with Crippen molar-refractivity contribution >= 4 is 22.5 Å². The maximum atomic E-state index is 12.4. The molecule has 1 aliphatic rings. The van der Waals surface area contributed by atoms with Gasteiger partial charge in [0.2, 0.25) is 0 Å². The zero-order valence-electron chi connectivity index (χ0n) is 13.5. The summed E-state index contributed by atoms with van der Waals surface area (Å²) < 4.78 is 5.18. The van der Waals surface area contributed by atoms with E-state index in [4.69, 9.17) is 10.00 Å². The molecule has 0 bridgehead atoms. The molecule has 2 amide bonds. The number of ether oxygens (including phenoxy) is 1. The van der Waals surface area contributed by atoms with Crippen LogP contribution in [0, 0.1) is 18.3 Å². The summed E-state index contributed by atoms with van der Waals surface area (Å²) >= 11 is 1.18. The van der Waals surface area contributed by atoms with E-state index in [0.29, 0.717) is 15.7 Å². The van der Waals surface area contributed by atoms with Gasteiger partial charge in [-0.15, -0.1) is 0 Å². The Labute approximate surface area is 144 Å². The number of aromatic nitrogens is 1. The van der Waals surface area contributed by atoms with Crippen molar-refractivity contribution in [1.82, 2.24) is 10.3 Å². The van der Waals surface area contributed by atoms with Gasteiger partial charge in [0.15, 0.2) is 5.13 Å². The molecule has 124 valence electrons. The van der Waals surface area contributed by atoms with Crippen molar-refractivity contribution in [2.75, 3.05) is 12.4 Å². The molecule has 2 aromatic rings. The first-order chi connectivity index (χ1) is 11.6. The molecule has 1 saturated carbocycles. The van der Waals surface area contributed by atoms with E-state index in [0.717, 1.165) is 30.6 Å². The van der Waals surface area contributed by atoms with Gasteiger partial charge in [-0.2, -0.15) is 5.26 Å². The fourth-order valence-electron chi connectivity index (χ4n) is 2.83. The zero-order chi connectivity index (χ0) is 17.2. The first-order valence-electron chi connectivity index (χ1n) is 7.67. The molecule has 1 aromatic heterocycles. The lowest BCUT2D eigenvalue weighted by Gasteiger charge is -2.43. The molecule has 1 aromatic carbocycles. The lowest BCUT2D eigenvalue weighted by atomic mass is 9.72. The fourth-order valence-corrected chi connectivity index (χ4v) is 3.58. The molecule has 3 rings (SSSR count). The van der Waals surface area contributed by atoms with Crippen LogP contribution in [-0.2, 0) is 5.54 Å². The monoisotopic (exact) mass is 342 g/mol. The number of methoxy groups -OCH3 is 1. The summed E-state index contributed by atoms with van der Waals surface area (Å²) in [5.74, 6) is 0.792. The first kappa shape index (κ1) is 16.3. The average Bonchev–Trinajstić information content (AvgIpc) is 2.90. The van der Waals surface area contributed by atoms with Crippen LogP contribution in [0.2, 0.25) is 0 Å². The largest absolute Gasteiger partial charge is 0.497 e. The summed E-state index contributed by atoms with van der Waals surface area (Å²) in [7, 11) is 1.63. The molecule has 0 radical (unpaired) electrons. The second kappa shape index (κ2) is 6.49. The van der Waals surface area contributed by atoms with E-state index >= 15 is 0 Å². The number of nitrogens with zero attached hydrogens (tertiary/aromatic N) is 2. The number of urea groups is 1. The topological polar surface area (TPSA) is 87.0 Å². The maximum absolute atomic E-state index is 12.4. The van der Waals surface area contributed by atoms with Crippen LogP contribution in [0.25, 0.3) is 0 Å². The van der Waals surface area contributed by atoms with Gasteiger partial charge in [0.1, 0.15) is 16.7 Å². The van der Waals surface area contributed by atoms with Crippen LogP contribution in [-0.4, -0.2) is 18.1 Å². The van der Waals surface area contributed by atoms with Crippen molar-refractivity contribution in [2.24, 2.45) is 0 Å². The van der Waals surface area contributed by atoms with Gasteiger partial charge in [-0.05, 0) is 43.9 Å². The second-order valence-electron chi connectivity index (χ2n) is 5.79. The number of carbonyl (C=O) groups excluding carboxylic acids is 1. The Morgan fingerprint density at radius 1 is 1.38 bits per heavy atom. The number of rotatable bonds is 4. The lowest BCUT2D eigenvalue weighted by Crippen LogP contribution is -2.52.